The molecule has 2 N–H and O–H groups in total. The minimum Gasteiger partial charge on any atom is -0.396 e. The summed E-state index contributed by atoms with van der Waals surface area (Å²) in [6.45, 7) is 2.36. The summed E-state index contributed by atoms with van der Waals surface area (Å²) in [5.74, 6) is 0. The smallest absolute Gasteiger partial charge is 0.211 e. The fourth-order valence-corrected chi connectivity index (χ4v) is 3.19. The maximum Gasteiger partial charge on any atom is 0.211 e. The lowest BCUT2D eigenvalue weighted by atomic mass is 10.0. The number of rotatable bonds is 5. The molecule has 100 valence electrons. The van der Waals surface area contributed by atoms with Crippen LogP contribution in [0.5, 0.6) is 0 Å². The van der Waals surface area contributed by atoms with E-state index in [0.717, 1.165) is 32.2 Å². The number of piperidine rings is 1. The van der Waals surface area contributed by atoms with Gasteiger partial charge in [0.15, 0.2) is 0 Å². The summed E-state index contributed by atoms with van der Waals surface area (Å²) in [5, 5.41) is 12.7. The van der Waals surface area contributed by atoms with Crippen molar-refractivity contribution in [1.82, 2.24) is 9.62 Å². The molecule has 1 saturated heterocycles. The van der Waals surface area contributed by atoms with Gasteiger partial charge in [-0.1, -0.05) is 0 Å². The van der Waals surface area contributed by atoms with Gasteiger partial charge < -0.3 is 10.4 Å². The van der Waals surface area contributed by atoms with Crippen LogP contribution in [-0.2, 0) is 10.0 Å². The summed E-state index contributed by atoms with van der Waals surface area (Å²) in [5.41, 5.74) is 0.133. The van der Waals surface area contributed by atoms with Gasteiger partial charge in [-0.3, -0.25) is 0 Å². The molecule has 2 aliphatic rings. The number of sulfonamides is 1. The summed E-state index contributed by atoms with van der Waals surface area (Å²) in [4.78, 5) is 0. The lowest BCUT2D eigenvalue weighted by Gasteiger charge is -2.31. The van der Waals surface area contributed by atoms with Crippen molar-refractivity contribution in [2.75, 3.05) is 32.5 Å². The molecule has 0 radical (unpaired) electrons. The molecule has 1 aliphatic heterocycles. The Morgan fingerprint density at radius 3 is 2.35 bits per heavy atom. The van der Waals surface area contributed by atoms with Crippen molar-refractivity contribution in [3.63, 3.8) is 0 Å². The maximum atomic E-state index is 11.3. The number of aliphatic hydroxyl groups excluding tert-OH is 1. The summed E-state index contributed by atoms with van der Waals surface area (Å²) in [7, 11) is -3.02. The van der Waals surface area contributed by atoms with Crippen molar-refractivity contribution >= 4 is 10.0 Å². The highest BCUT2D eigenvalue weighted by atomic mass is 32.2. The van der Waals surface area contributed by atoms with Crippen molar-refractivity contribution in [2.45, 2.75) is 31.7 Å². The second kappa shape index (κ2) is 4.84. The zero-order valence-corrected chi connectivity index (χ0v) is 11.2. The SMILES string of the molecule is CS(=O)(=O)N1CCC(NCC2(CO)CC2)CC1. The van der Waals surface area contributed by atoms with Crippen LogP contribution >= 0.6 is 0 Å². The molecule has 6 heteroatoms. The van der Waals surface area contributed by atoms with Crippen LogP contribution in [0.15, 0.2) is 0 Å². The molecule has 1 aliphatic carbocycles. The summed E-state index contributed by atoms with van der Waals surface area (Å²) in [6.07, 6.45) is 5.23. The van der Waals surface area contributed by atoms with E-state index in [-0.39, 0.29) is 12.0 Å². The Hall–Kier alpha value is -0.170. The molecule has 0 aromatic heterocycles. The molecule has 0 amide bonds. The van der Waals surface area contributed by atoms with Crippen LogP contribution in [0.2, 0.25) is 0 Å². The lowest BCUT2D eigenvalue weighted by molar-refractivity contribution is 0.196. The first kappa shape index (κ1) is 13.3. The van der Waals surface area contributed by atoms with Gasteiger partial charge >= 0.3 is 0 Å². The highest BCUT2D eigenvalue weighted by molar-refractivity contribution is 7.88. The molecule has 17 heavy (non-hydrogen) atoms. The number of nitrogens with one attached hydrogen (secondary N) is 1. The fourth-order valence-electron chi connectivity index (χ4n) is 2.32. The maximum absolute atomic E-state index is 11.3. The van der Waals surface area contributed by atoms with Crippen molar-refractivity contribution in [1.29, 1.82) is 0 Å². The van der Waals surface area contributed by atoms with Gasteiger partial charge in [-0.2, -0.15) is 0 Å². The minimum absolute atomic E-state index is 0.133. The monoisotopic (exact) mass is 262 g/mol. The van der Waals surface area contributed by atoms with E-state index >= 15 is 0 Å². The summed E-state index contributed by atoms with van der Waals surface area (Å²) < 4.78 is 24.2. The Labute approximate surface area is 103 Å². The summed E-state index contributed by atoms with van der Waals surface area (Å²) in [6, 6.07) is 0.400. The molecule has 2 rings (SSSR count). The van der Waals surface area contributed by atoms with E-state index in [9.17, 15) is 13.5 Å². The molecule has 0 aromatic rings. The first-order valence-electron chi connectivity index (χ1n) is 6.25. The molecular formula is C11H22N2O3S. The van der Waals surface area contributed by atoms with Crippen LogP contribution in [-0.4, -0.2) is 56.4 Å². The molecule has 0 atom stereocenters. The van der Waals surface area contributed by atoms with Crippen molar-refractivity contribution < 1.29 is 13.5 Å². The Balaban J connectivity index is 1.72. The van der Waals surface area contributed by atoms with Crippen LogP contribution < -0.4 is 5.32 Å². The number of aliphatic hydroxyl groups is 1. The van der Waals surface area contributed by atoms with Gasteiger partial charge in [-0.15, -0.1) is 0 Å². The van der Waals surface area contributed by atoms with Gasteiger partial charge in [-0.05, 0) is 25.7 Å². The molecule has 1 heterocycles. The van der Waals surface area contributed by atoms with Gasteiger partial charge in [-0.25, -0.2) is 12.7 Å². The number of hydrogen-bond donors (Lipinski definition) is 2. The Kier molecular flexibility index (Phi) is 3.77. The predicted octanol–water partition coefficient (Wildman–Crippen LogP) is -0.227. The zero-order valence-electron chi connectivity index (χ0n) is 10.4. The van der Waals surface area contributed by atoms with Gasteiger partial charge in [0.1, 0.15) is 0 Å². The predicted molar refractivity (Wildman–Crippen MR) is 66.2 cm³/mol. The van der Waals surface area contributed by atoms with Crippen LogP contribution in [0.1, 0.15) is 25.7 Å². The third kappa shape index (κ3) is 3.40. The second-order valence-electron chi connectivity index (χ2n) is 5.48. The van der Waals surface area contributed by atoms with Crippen LogP contribution in [0.3, 0.4) is 0 Å². The van der Waals surface area contributed by atoms with Gasteiger partial charge in [0.25, 0.3) is 0 Å². The number of hydrogen-bond acceptors (Lipinski definition) is 4. The third-order valence-corrected chi connectivity index (χ3v) is 5.28. The van der Waals surface area contributed by atoms with Crippen molar-refractivity contribution in [3.8, 4) is 0 Å². The minimum atomic E-state index is -3.02. The highest BCUT2D eigenvalue weighted by Crippen LogP contribution is 2.44. The second-order valence-corrected chi connectivity index (χ2v) is 7.46. The zero-order chi connectivity index (χ0) is 12.5. The molecule has 5 nitrogen and oxygen atoms in total. The molecule has 0 aromatic carbocycles. The fraction of sp³-hybridized carbons (Fsp3) is 1.00. The topological polar surface area (TPSA) is 69.6 Å². The van der Waals surface area contributed by atoms with E-state index < -0.39 is 10.0 Å². The van der Waals surface area contributed by atoms with Crippen LogP contribution in [0.25, 0.3) is 0 Å². The van der Waals surface area contributed by atoms with E-state index in [1.54, 1.807) is 4.31 Å². The summed E-state index contributed by atoms with van der Waals surface area (Å²) >= 11 is 0. The Bertz CT molecular complexity index is 357. The molecule has 1 saturated carbocycles. The quantitative estimate of drug-likeness (QED) is 0.718. The van der Waals surface area contributed by atoms with Crippen LogP contribution in [0.4, 0.5) is 0 Å². The van der Waals surface area contributed by atoms with Gasteiger partial charge in [0, 0.05) is 37.7 Å². The van der Waals surface area contributed by atoms with Crippen LogP contribution in [0, 0.1) is 5.41 Å². The first-order chi connectivity index (χ1) is 7.95. The van der Waals surface area contributed by atoms with E-state index in [1.807, 2.05) is 0 Å². The van der Waals surface area contributed by atoms with Crippen molar-refractivity contribution in [2.24, 2.45) is 5.41 Å². The average Bonchev–Trinajstić information content (AvgIpc) is 3.06. The average molecular weight is 262 g/mol. The number of nitrogens with zero attached hydrogens (tertiary/aromatic N) is 1. The van der Waals surface area contributed by atoms with E-state index in [4.69, 9.17) is 0 Å². The Morgan fingerprint density at radius 2 is 1.94 bits per heavy atom. The van der Waals surface area contributed by atoms with Gasteiger partial charge in [0.05, 0.1) is 6.26 Å². The molecule has 0 unspecified atom stereocenters. The van der Waals surface area contributed by atoms with Gasteiger partial charge in [0.2, 0.25) is 10.0 Å². The van der Waals surface area contributed by atoms with E-state index in [1.165, 1.54) is 6.26 Å². The molecular weight excluding hydrogens is 240 g/mol. The molecule has 0 bridgehead atoms. The molecule has 2 fully saturated rings. The highest BCUT2D eigenvalue weighted by Gasteiger charge is 2.42. The largest absolute Gasteiger partial charge is 0.396 e. The normalized spacial score (nSPS) is 26.0. The standard InChI is InChI=1S/C11H22N2O3S/c1-17(15,16)13-6-2-10(3-7-13)12-8-11(9-14)4-5-11/h10,12,14H,2-9H2,1H3. The van der Waals surface area contributed by atoms with E-state index in [0.29, 0.717) is 19.1 Å². The first-order valence-corrected chi connectivity index (χ1v) is 8.09. The molecule has 0 spiro atoms. The third-order valence-electron chi connectivity index (χ3n) is 3.98. The van der Waals surface area contributed by atoms with E-state index in [2.05, 4.69) is 5.32 Å². The van der Waals surface area contributed by atoms with Crippen molar-refractivity contribution in [3.05, 3.63) is 0 Å². The lowest BCUT2D eigenvalue weighted by Crippen LogP contribution is -2.46. The Morgan fingerprint density at radius 1 is 1.35 bits per heavy atom.